The van der Waals surface area contributed by atoms with Gasteiger partial charge in [-0.2, -0.15) is 0 Å². The molecular formula is C48H49BrK2N8O9. The quantitative estimate of drug-likeness (QED) is 0.0841. The SMILES string of the molecule is COc1cc(Br)c(=O)n(Cc2ccccc2)n1.COc1cc(Oc2ccc(-n3cnc(C)c3)c(C)c2)c(=O)n(C(C)c2ccccc2)n1.Cc1cn(-c2ccc(O)cc2C)cn1.O=CO[O-].[H-].[K+].[K+]. The molecule has 8 aromatic rings. The van der Waals surface area contributed by atoms with Crippen LogP contribution in [0.1, 0.15) is 48.0 Å². The van der Waals surface area contributed by atoms with Crippen molar-refractivity contribution < 1.29 is 138 Å². The second-order valence-electron chi connectivity index (χ2n) is 14.4. The second kappa shape index (κ2) is 28.8. The van der Waals surface area contributed by atoms with Gasteiger partial charge < -0.3 is 40.0 Å². The molecule has 1 N–H and O–H groups in total. The first-order valence-corrected chi connectivity index (χ1v) is 20.9. The molecule has 0 bridgehead atoms. The summed E-state index contributed by atoms with van der Waals surface area (Å²) in [4.78, 5) is 44.7. The van der Waals surface area contributed by atoms with Crippen molar-refractivity contribution in [2.45, 2.75) is 47.2 Å². The van der Waals surface area contributed by atoms with E-state index >= 15 is 0 Å². The van der Waals surface area contributed by atoms with Gasteiger partial charge in [-0.3, -0.25) is 14.4 Å². The van der Waals surface area contributed by atoms with Gasteiger partial charge in [0.2, 0.25) is 11.8 Å². The summed E-state index contributed by atoms with van der Waals surface area (Å²) < 4.78 is 23.4. The predicted molar refractivity (Wildman–Crippen MR) is 250 cm³/mol. The Labute approximate surface area is 488 Å². The molecular weight excluding hydrogens is 991 g/mol. The zero-order valence-corrected chi connectivity index (χ0v) is 47.1. The maximum Gasteiger partial charge on any atom is 1.00 e. The van der Waals surface area contributed by atoms with Gasteiger partial charge in [0.15, 0.2) is 5.75 Å². The Morgan fingerprint density at radius 2 is 1.26 bits per heavy atom. The summed E-state index contributed by atoms with van der Waals surface area (Å²) in [5.74, 6) is 1.72. The van der Waals surface area contributed by atoms with Crippen LogP contribution in [0, 0.1) is 27.7 Å². The van der Waals surface area contributed by atoms with Gasteiger partial charge in [0, 0.05) is 29.8 Å². The molecule has 1 atom stereocenters. The molecule has 1 unspecified atom stereocenters. The van der Waals surface area contributed by atoms with Gasteiger partial charge in [0.1, 0.15) is 11.5 Å². The van der Waals surface area contributed by atoms with Gasteiger partial charge in [0.05, 0.1) is 61.4 Å². The Balaban J connectivity index is 0.000000364. The molecule has 0 saturated heterocycles. The van der Waals surface area contributed by atoms with Gasteiger partial charge in [-0.05, 0) is 109 Å². The number of aromatic nitrogens is 8. The van der Waals surface area contributed by atoms with Crippen LogP contribution in [0.25, 0.3) is 11.4 Å². The third-order valence-corrected chi connectivity index (χ3v) is 10.2. The molecule has 0 amide bonds. The minimum Gasteiger partial charge on any atom is -1.00 e. The van der Waals surface area contributed by atoms with Crippen molar-refractivity contribution in [1.82, 2.24) is 38.7 Å². The number of methoxy groups -OCH3 is 2. The number of aryl methyl sites for hydroxylation is 4. The van der Waals surface area contributed by atoms with Crippen LogP contribution in [0.4, 0.5) is 0 Å². The van der Waals surface area contributed by atoms with Gasteiger partial charge in [-0.1, -0.05) is 60.7 Å². The average Bonchev–Trinajstić information content (AvgIpc) is 3.96. The number of aromatic hydroxyl groups is 1. The number of phenols is 1. The van der Waals surface area contributed by atoms with E-state index in [0.29, 0.717) is 34.3 Å². The third kappa shape index (κ3) is 16.6. The molecule has 68 heavy (non-hydrogen) atoms. The molecule has 4 heterocycles. The third-order valence-electron chi connectivity index (χ3n) is 9.63. The fourth-order valence-corrected chi connectivity index (χ4v) is 6.77. The number of hydrogen-bond acceptors (Lipinski definition) is 13. The molecule has 0 spiro atoms. The first kappa shape index (κ1) is 57.8. The summed E-state index contributed by atoms with van der Waals surface area (Å²) in [7, 11) is 3.03. The molecule has 20 heteroatoms. The van der Waals surface area contributed by atoms with Gasteiger partial charge in [-0.25, -0.2) is 19.3 Å². The van der Waals surface area contributed by atoms with Crippen molar-refractivity contribution in [3.05, 3.63) is 193 Å². The summed E-state index contributed by atoms with van der Waals surface area (Å²) in [5.41, 5.74) is 7.47. The second-order valence-corrected chi connectivity index (χ2v) is 15.3. The number of benzene rings is 4. The minimum atomic E-state index is -0.330. The molecule has 0 aliphatic rings. The van der Waals surface area contributed by atoms with Crippen molar-refractivity contribution in [2.24, 2.45) is 0 Å². The fourth-order valence-electron chi connectivity index (χ4n) is 6.37. The van der Waals surface area contributed by atoms with E-state index in [4.69, 9.17) is 24.3 Å². The number of imidazole rings is 2. The molecule has 0 saturated carbocycles. The number of rotatable bonds is 11. The van der Waals surface area contributed by atoms with Crippen LogP contribution in [0.5, 0.6) is 29.0 Å². The van der Waals surface area contributed by atoms with Crippen molar-refractivity contribution >= 4 is 22.4 Å². The van der Waals surface area contributed by atoms with E-state index in [1.165, 1.54) is 29.6 Å². The van der Waals surface area contributed by atoms with Crippen molar-refractivity contribution in [3.63, 3.8) is 0 Å². The van der Waals surface area contributed by atoms with E-state index in [0.717, 1.165) is 45.0 Å². The Morgan fingerprint density at radius 1 is 0.735 bits per heavy atom. The van der Waals surface area contributed by atoms with Crippen molar-refractivity contribution in [3.8, 4) is 40.4 Å². The molecule has 8 rings (SSSR count). The summed E-state index contributed by atoms with van der Waals surface area (Å²) in [6, 6.07) is 33.1. The zero-order chi connectivity index (χ0) is 47.8. The Hall–Kier alpha value is -4.56. The van der Waals surface area contributed by atoms with E-state index in [2.05, 4.69) is 41.0 Å². The molecule has 0 aliphatic heterocycles. The first-order valence-electron chi connectivity index (χ1n) is 20.2. The van der Waals surface area contributed by atoms with Gasteiger partial charge in [-0.15, -0.1) is 10.2 Å². The predicted octanol–water partition coefficient (Wildman–Crippen LogP) is 1.27. The van der Waals surface area contributed by atoms with Gasteiger partial charge in [0.25, 0.3) is 12.0 Å². The molecule has 4 aromatic heterocycles. The molecule has 17 nitrogen and oxygen atoms in total. The maximum atomic E-state index is 13.1. The summed E-state index contributed by atoms with van der Waals surface area (Å²) in [6.45, 7) is 10.0. The Kier molecular flexibility index (Phi) is 24.5. The van der Waals surface area contributed by atoms with Crippen LogP contribution in [-0.4, -0.2) is 64.5 Å². The summed E-state index contributed by atoms with van der Waals surface area (Å²) in [5, 5.41) is 26.1. The smallest absolute Gasteiger partial charge is 1.00 e. The number of ether oxygens (including phenoxy) is 3. The zero-order valence-electron chi connectivity index (χ0n) is 40.2. The standard InChI is InChI=1S/C24H24N4O3.C12H11BrN2O2.C11H12N2O.CH2O3.2K.H/c1-16-12-20(10-11-21(16)27-14-17(2)25-15-27)31-22-13-23(30-4)26-28(24(22)29)18(3)19-8-6-5-7-9-19;1-17-11-7-10(13)12(16)15(14-11)8-9-5-3-2-4-6-9;1-8-5-10(14)3-4-11(8)13-6-9(2)12-7-13;2-1-4-3;;;/h5-15,18H,1-4H3;2-7H,8H2,1H3;3-7,14H,1-2H3;1,3H;;;/q;;;;2*+1;-1/p-1. The van der Waals surface area contributed by atoms with Crippen LogP contribution in [0.2, 0.25) is 0 Å². The Bertz CT molecular complexity index is 2970. The van der Waals surface area contributed by atoms with Crippen LogP contribution in [0.15, 0.2) is 148 Å². The molecule has 344 valence electrons. The van der Waals surface area contributed by atoms with E-state index in [1.54, 1.807) is 30.9 Å². The van der Waals surface area contributed by atoms with Gasteiger partial charge >= 0.3 is 108 Å². The minimum absolute atomic E-state index is 0. The number of carbonyl (C=O) groups excluding carboxylic acids is 1. The first-order chi connectivity index (χ1) is 31.7. The summed E-state index contributed by atoms with van der Waals surface area (Å²) >= 11 is 3.20. The maximum absolute atomic E-state index is 13.1. The number of halogens is 1. The number of nitrogens with zero attached hydrogens (tertiary/aromatic N) is 8. The van der Waals surface area contributed by atoms with Crippen LogP contribution in [-0.2, 0) is 16.2 Å². The largest absolute Gasteiger partial charge is 1.00 e. The van der Waals surface area contributed by atoms with Crippen molar-refractivity contribution in [2.75, 3.05) is 14.2 Å². The summed E-state index contributed by atoms with van der Waals surface area (Å²) in [6.07, 6.45) is 7.46. The van der Waals surface area contributed by atoms with E-state index in [1.807, 2.05) is 141 Å². The average molecular weight is 1040 g/mol. The monoisotopic (exact) mass is 1040 g/mol. The number of carbonyl (C=O) groups is 1. The van der Waals surface area contributed by atoms with Crippen molar-refractivity contribution in [1.29, 1.82) is 0 Å². The fraction of sp³-hybridized carbons (Fsp3) is 0.188. The van der Waals surface area contributed by atoms with Crippen LogP contribution >= 0.6 is 15.9 Å². The topological polar surface area (TPSA) is 203 Å². The van der Waals surface area contributed by atoms with E-state index < -0.39 is 0 Å². The molecule has 4 aromatic carbocycles. The van der Waals surface area contributed by atoms with Crippen LogP contribution in [0.3, 0.4) is 0 Å². The van der Waals surface area contributed by atoms with E-state index in [9.17, 15) is 14.7 Å². The molecule has 0 fully saturated rings. The number of hydrogen-bond donors (Lipinski definition) is 1. The number of phenolic OH excluding ortho intramolecular Hbond substituents is 1. The van der Waals surface area contributed by atoms with Crippen LogP contribution < -0.4 is 133 Å². The van der Waals surface area contributed by atoms with E-state index in [-0.39, 0.29) is 134 Å². The molecule has 0 radical (unpaired) electrons. The normalized spacial score (nSPS) is 10.4. The molecule has 0 aliphatic carbocycles. The Morgan fingerprint density at radius 3 is 1.76 bits per heavy atom.